The van der Waals surface area contributed by atoms with Crippen molar-refractivity contribution in [2.45, 2.75) is 129 Å². The Morgan fingerprint density at radius 2 is 0.969 bits per heavy atom. The van der Waals surface area contributed by atoms with Gasteiger partial charge in [0.05, 0.1) is 25.0 Å². The van der Waals surface area contributed by atoms with Crippen LogP contribution < -0.4 is 0 Å². The molecule has 0 saturated carbocycles. The summed E-state index contributed by atoms with van der Waals surface area (Å²) in [5.41, 5.74) is 0. The summed E-state index contributed by atoms with van der Waals surface area (Å²) in [6.45, 7) is 4.88. The highest BCUT2D eigenvalue weighted by atomic mass is 16.5. The molecule has 0 spiro atoms. The van der Waals surface area contributed by atoms with E-state index < -0.39 is 5.92 Å². The van der Waals surface area contributed by atoms with E-state index in [0.29, 0.717) is 26.1 Å². The van der Waals surface area contributed by atoms with Gasteiger partial charge >= 0.3 is 11.9 Å². The van der Waals surface area contributed by atoms with Crippen molar-refractivity contribution in [3.05, 3.63) is 12.2 Å². The second-order valence-corrected chi connectivity index (χ2v) is 9.38. The summed E-state index contributed by atoms with van der Waals surface area (Å²) in [7, 11) is 0. The van der Waals surface area contributed by atoms with Crippen molar-refractivity contribution in [3.63, 3.8) is 0 Å². The first kappa shape index (κ1) is 28.7. The largest absolute Gasteiger partial charge is 0.466 e. The molecule has 0 aromatic heterocycles. The molecule has 0 aromatic carbocycles. The Bertz CT molecular complexity index is 500. The molecule has 1 aliphatic rings. The van der Waals surface area contributed by atoms with Crippen LogP contribution >= 0.6 is 0 Å². The standard InChI is InChI=1S/C28H50O4/c1-3-5-6-7-8-9-10-11-12-13-14-15-16-17-18-21-24-32-28(30)26-23-20-19-22-25(26)27(29)31-4-2/h19-20,25-26H,3-18,21-24H2,1-2H3. The van der Waals surface area contributed by atoms with Crippen LogP contribution in [-0.4, -0.2) is 25.2 Å². The fourth-order valence-electron chi connectivity index (χ4n) is 4.51. The molecule has 0 fully saturated rings. The van der Waals surface area contributed by atoms with E-state index in [1.807, 2.05) is 12.2 Å². The average molecular weight is 451 g/mol. The van der Waals surface area contributed by atoms with Gasteiger partial charge in [-0.25, -0.2) is 0 Å². The van der Waals surface area contributed by atoms with Crippen LogP contribution in [0, 0.1) is 11.8 Å². The molecule has 4 heteroatoms. The van der Waals surface area contributed by atoms with Gasteiger partial charge in [-0.15, -0.1) is 0 Å². The zero-order valence-electron chi connectivity index (χ0n) is 21.1. The van der Waals surface area contributed by atoms with Crippen molar-refractivity contribution in [1.82, 2.24) is 0 Å². The molecule has 186 valence electrons. The fraction of sp³-hybridized carbons (Fsp3) is 0.857. The number of esters is 2. The Hall–Kier alpha value is -1.32. The zero-order valence-corrected chi connectivity index (χ0v) is 21.1. The second-order valence-electron chi connectivity index (χ2n) is 9.38. The molecule has 2 atom stereocenters. The lowest BCUT2D eigenvalue weighted by Gasteiger charge is -2.25. The second kappa shape index (κ2) is 20.3. The van der Waals surface area contributed by atoms with Gasteiger partial charge < -0.3 is 9.47 Å². The van der Waals surface area contributed by atoms with E-state index in [1.54, 1.807) is 6.92 Å². The third-order valence-corrected chi connectivity index (χ3v) is 6.57. The van der Waals surface area contributed by atoms with Crippen LogP contribution in [0.4, 0.5) is 0 Å². The summed E-state index contributed by atoms with van der Waals surface area (Å²) < 4.78 is 10.6. The molecule has 1 rings (SSSR count). The lowest BCUT2D eigenvalue weighted by molar-refractivity contribution is -0.160. The maximum atomic E-state index is 12.4. The molecule has 2 unspecified atom stereocenters. The smallest absolute Gasteiger partial charge is 0.310 e. The van der Waals surface area contributed by atoms with Crippen molar-refractivity contribution in [1.29, 1.82) is 0 Å². The summed E-state index contributed by atoms with van der Waals surface area (Å²) in [4.78, 5) is 24.5. The average Bonchev–Trinajstić information content (AvgIpc) is 2.81. The van der Waals surface area contributed by atoms with Gasteiger partial charge in [-0.2, -0.15) is 0 Å². The highest BCUT2D eigenvalue weighted by molar-refractivity contribution is 5.82. The van der Waals surface area contributed by atoms with E-state index in [0.717, 1.165) is 12.8 Å². The molecule has 0 radical (unpaired) electrons. The number of hydrogen-bond acceptors (Lipinski definition) is 4. The molecule has 0 heterocycles. The molecule has 32 heavy (non-hydrogen) atoms. The molecule has 0 N–H and O–H groups in total. The monoisotopic (exact) mass is 450 g/mol. The topological polar surface area (TPSA) is 52.6 Å². The predicted molar refractivity (Wildman–Crippen MR) is 132 cm³/mol. The third-order valence-electron chi connectivity index (χ3n) is 6.57. The number of hydrogen-bond donors (Lipinski definition) is 0. The SMILES string of the molecule is CCCCCCCCCCCCCCCCCCOC(=O)C1CC=CCC1C(=O)OCC. The number of ether oxygens (including phenoxy) is 2. The molecule has 4 nitrogen and oxygen atoms in total. The molecular weight excluding hydrogens is 400 g/mol. The van der Waals surface area contributed by atoms with Crippen molar-refractivity contribution < 1.29 is 19.1 Å². The third kappa shape index (κ3) is 14.0. The summed E-state index contributed by atoms with van der Waals surface area (Å²) in [6.07, 6.45) is 26.3. The number of unbranched alkanes of at least 4 members (excludes halogenated alkanes) is 15. The van der Waals surface area contributed by atoms with E-state index >= 15 is 0 Å². The number of carbonyl (C=O) groups excluding carboxylic acids is 2. The van der Waals surface area contributed by atoms with Crippen LogP contribution in [0.5, 0.6) is 0 Å². The lowest BCUT2D eigenvalue weighted by Crippen LogP contribution is -2.33. The summed E-state index contributed by atoms with van der Waals surface area (Å²) in [5, 5.41) is 0. The van der Waals surface area contributed by atoms with Gasteiger partial charge in [0, 0.05) is 0 Å². The number of rotatable bonds is 20. The zero-order chi connectivity index (χ0) is 23.3. The van der Waals surface area contributed by atoms with E-state index in [9.17, 15) is 9.59 Å². The number of carbonyl (C=O) groups is 2. The molecule has 0 bridgehead atoms. The Kier molecular flexibility index (Phi) is 18.2. The van der Waals surface area contributed by atoms with Crippen LogP contribution in [0.2, 0.25) is 0 Å². The van der Waals surface area contributed by atoms with Gasteiger partial charge in [-0.3, -0.25) is 9.59 Å². The summed E-state index contributed by atoms with van der Waals surface area (Å²) in [6, 6.07) is 0. The van der Waals surface area contributed by atoms with Crippen molar-refractivity contribution in [2.75, 3.05) is 13.2 Å². The molecular formula is C28H50O4. The predicted octanol–water partition coefficient (Wildman–Crippen LogP) is 7.94. The van der Waals surface area contributed by atoms with E-state index in [-0.39, 0.29) is 17.9 Å². The molecule has 0 saturated heterocycles. The first-order valence-electron chi connectivity index (χ1n) is 13.7. The molecule has 0 amide bonds. The Morgan fingerprint density at radius 3 is 1.38 bits per heavy atom. The maximum Gasteiger partial charge on any atom is 0.310 e. The van der Waals surface area contributed by atoms with Crippen molar-refractivity contribution in [3.8, 4) is 0 Å². The highest BCUT2D eigenvalue weighted by Crippen LogP contribution is 2.28. The minimum absolute atomic E-state index is 0.242. The summed E-state index contributed by atoms with van der Waals surface area (Å²) >= 11 is 0. The van der Waals surface area contributed by atoms with E-state index in [4.69, 9.17) is 9.47 Å². The Balaban J connectivity index is 1.91. The highest BCUT2D eigenvalue weighted by Gasteiger charge is 2.36. The first-order valence-corrected chi connectivity index (χ1v) is 13.7. The number of allylic oxidation sites excluding steroid dienone is 2. The van der Waals surface area contributed by atoms with Crippen LogP contribution in [0.3, 0.4) is 0 Å². The molecule has 1 aliphatic carbocycles. The van der Waals surface area contributed by atoms with Crippen LogP contribution in [-0.2, 0) is 19.1 Å². The molecule has 0 aromatic rings. The van der Waals surface area contributed by atoms with Crippen LogP contribution in [0.1, 0.15) is 129 Å². The van der Waals surface area contributed by atoms with Gasteiger partial charge in [0.1, 0.15) is 0 Å². The van der Waals surface area contributed by atoms with Crippen LogP contribution in [0.15, 0.2) is 12.2 Å². The van der Waals surface area contributed by atoms with Gasteiger partial charge in [0.15, 0.2) is 0 Å². The summed E-state index contributed by atoms with van der Waals surface area (Å²) in [5.74, 6) is -1.30. The first-order chi connectivity index (χ1) is 15.7. The van der Waals surface area contributed by atoms with E-state index in [2.05, 4.69) is 6.92 Å². The fourth-order valence-corrected chi connectivity index (χ4v) is 4.51. The van der Waals surface area contributed by atoms with Gasteiger partial charge in [0.25, 0.3) is 0 Å². The van der Waals surface area contributed by atoms with Crippen molar-refractivity contribution in [2.24, 2.45) is 11.8 Å². The van der Waals surface area contributed by atoms with E-state index in [1.165, 1.54) is 89.9 Å². The van der Waals surface area contributed by atoms with Crippen LogP contribution in [0.25, 0.3) is 0 Å². The van der Waals surface area contributed by atoms with Gasteiger partial charge in [-0.05, 0) is 26.2 Å². The van der Waals surface area contributed by atoms with Gasteiger partial charge in [-0.1, -0.05) is 115 Å². The normalized spacial score (nSPS) is 17.9. The lowest BCUT2D eigenvalue weighted by atomic mass is 9.83. The van der Waals surface area contributed by atoms with Gasteiger partial charge in [0.2, 0.25) is 0 Å². The Labute approximate surface area is 197 Å². The molecule has 0 aliphatic heterocycles. The minimum Gasteiger partial charge on any atom is -0.466 e. The quantitative estimate of drug-likeness (QED) is 0.107. The Morgan fingerprint density at radius 1 is 0.594 bits per heavy atom. The van der Waals surface area contributed by atoms with Crippen molar-refractivity contribution >= 4 is 11.9 Å². The minimum atomic E-state index is -0.391. The maximum absolute atomic E-state index is 12.4.